The van der Waals surface area contributed by atoms with Crippen molar-refractivity contribution in [3.8, 4) is 11.4 Å². The van der Waals surface area contributed by atoms with Crippen LogP contribution in [0.1, 0.15) is 16.7 Å². The fourth-order valence-corrected chi connectivity index (χ4v) is 3.55. The quantitative estimate of drug-likeness (QED) is 0.364. The molecule has 12 heteroatoms. The van der Waals surface area contributed by atoms with Gasteiger partial charge < -0.3 is 14.8 Å². The van der Waals surface area contributed by atoms with E-state index in [1.807, 2.05) is 32.0 Å². The van der Waals surface area contributed by atoms with E-state index in [1.54, 1.807) is 0 Å². The summed E-state index contributed by atoms with van der Waals surface area (Å²) in [5, 5.41) is 14.5. The fraction of sp³-hybridized carbons (Fsp3) is 0.333. The third-order valence-electron chi connectivity index (χ3n) is 4.70. The number of rotatable bonds is 9. The largest absolute Gasteiger partial charge is 0.489 e. The van der Waals surface area contributed by atoms with Gasteiger partial charge in [-0.15, -0.1) is 5.10 Å². The highest BCUT2D eigenvalue weighted by molar-refractivity contribution is 7.99. The Bertz CT molecular complexity index is 1120. The van der Waals surface area contributed by atoms with Gasteiger partial charge in [-0.05, 0) is 59.7 Å². The molecule has 0 saturated carbocycles. The van der Waals surface area contributed by atoms with E-state index in [0.29, 0.717) is 5.16 Å². The van der Waals surface area contributed by atoms with E-state index < -0.39 is 17.6 Å². The second-order valence-corrected chi connectivity index (χ2v) is 7.92. The lowest BCUT2D eigenvalue weighted by Crippen LogP contribution is -2.17. The van der Waals surface area contributed by atoms with Gasteiger partial charge in [0.1, 0.15) is 12.4 Å². The standard InChI is InChI=1S/C21H22F3N5O3S/c1-13-5-4-6-17(14(13)2)29-20(26-27-28-29)33-12-19(30)25-16-11-15(21(22,23)24)7-8-18(16)32-10-9-31-3/h4-8,11H,9-10,12H2,1-3H3,(H,25,30). The van der Waals surface area contributed by atoms with Gasteiger partial charge in [0.15, 0.2) is 0 Å². The van der Waals surface area contributed by atoms with Gasteiger partial charge in [0.25, 0.3) is 0 Å². The van der Waals surface area contributed by atoms with Crippen LogP contribution < -0.4 is 10.1 Å². The summed E-state index contributed by atoms with van der Waals surface area (Å²) in [4.78, 5) is 12.5. The molecule has 3 aromatic rings. The van der Waals surface area contributed by atoms with Crippen molar-refractivity contribution in [3.63, 3.8) is 0 Å². The number of aryl methyl sites for hydroxylation is 1. The Hall–Kier alpha value is -3.12. The van der Waals surface area contributed by atoms with Gasteiger partial charge in [-0.25, -0.2) is 0 Å². The number of anilines is 1. The molecule has 0 aliphatic rings. The lowest BCUT2D eigenvalue weighted by atomic mass is 10.1. The predicted octanol–water partition coefficient (Wildman–Crippen LogP) is 4.05. The highest BCUT2D eigenvalue weighted by atomic mass is 32.2. The highest BCUT2D eigenvalue weighted by Gasteiger charge is 2.31. The van der Waals surface area contributed by atoms with Gasteiger partial charge in [0.2, 0.25) is 11.1 Å². The zero-order valence-electron chi connectivity index (χ0n) is 18.1. The summed E-state index contributed by atoms with van der Waals surface area (Å²) in [5.41, 5.74) is 1.83. The molecule has 3 rings (SSSR count). The smallest absolute Gasteiger partial charge is 0.416 e. The first kappa shape index (κ1) is 24.5. The van der Waals surface area contributed by atoms with Crippen LogP contribution in [0.2, 0.25) is 0 Å². The van der Waals surface area contributed by atoms with Gasteiger partial charge in [-0.2, -0.15) is 17.9 Å². The summed E-state index contributed by atoms with van der Waals surface area (Å²) in [6, 6.07) is 8.59. The highest BCUT2D eigenvalue weighted by Crippen LogP contribution is 2.35. The predicted molar refractivity (Wildman–Crippen MR) is 117 cm³/mol. The molecule has 2 aromatic carbocycles. The third-order valence-corrected chi connectivity index (χ3v) is 5.62. The number of thioether (sulfide) groups is 1. The van der Waals surface area contributed by atoms with Gasteiger partial charge in [0.05, 0.1) is 29.3 Å². The van der Waals surface area contributed by atoms with Crippen LogP contribution in [0.25, 0.3) is 5.69 Å². The normalized spacial score (nSPS) is 11.5. The second-order valence-electron chi connectivity index (χ2n) is 6.98. The molecule has 8 nitrogen and oxygen atoms in total. The zero-order valence-corrected chi connectivity index (χ0v) is 19.0. The van der Waals surface area contributed by atoms with Crippen molar-refractivity contribution < 1.29 is 27.4 Å². The fourth-order valence-electron chi connectivity index (χ4n) is 2.87. The average molecular weight is 482 g/mol. The first-order valence-corrected chi connectivity index (χ1v) is 10.8. The number of aromatic nitrogens is 4. The van der Waals surface area contributed by atoms with Crippen LogP contribution >= 0.6 is 11.8 Å². The number of nitrogens with zero attached hydrogens (tertiary/aromatic N) is 4. The Morgan fingerprint density at radius 3 is 2.70 bits per heavy atom. The summed E-state index contributed by atoms with van der Waals surface area (Å²) in [6.07, 6.45) is -4.56. The number of carbonyl (C=O) groups is 1. The van der Waals surface area contributed by atoms with Crippen molar-refractivity contribution >= 4 is 23.4 Å². The SMILES string of the molecule is COCCOc1ccc(C(F)(F)F)cc1NC(=O)CSc1nnnn1-c1cccc(C)c1C. The summed E-state index contributed by atoms with van der Waals surface area (Å²) in [5.74, 6) is -0.552. The second kappa shape index (κ2) is 10.7. The minimum atomic E-state index is -4.56. The van der Waals surface area contributed by atoms with Crippen LogP contribution in [-0.4, -0.2) is 52.2 Å². The van der Waals surface area contributed by atoms with E-state index in [0.717, 1.165) is 40.7 Å². The third kappa shape index (κ3) is 6.23. The number of hydrogen-bond donors (Lipinski definition) is 1. The monoisotopic (exact) mass is 481 g/mol. The molecule has 0 unspecified atom stereocenters. The van der Waals surface area contributed by atoms with Crippen LogP contribution in [0.3, 0.4) is 0 Å². The van der Waals surface area contributed by atoms with E-state index in [-0.39, 0.29) is 30.4 Å². The minimum Gasteiger partial charge on any atom is -0.489 e. The van der Waals surface area contributed by atoms with Crippen LogP contribution in [-0.2, 0) is 15.7 Å². The molecule has 0 aliphatic heterocycles. The molecule has 0 saturated heterocycles. The molecular weight excluding hydrogens is 459 g/mol. The average Bonchev–Trinajstić information content (AvgIpc) is 3.23. The zero-order chi connectivity index (χ0) is 24.0. The molecule has 0 bridgehead atoms. The van der Waals surface area contributed by atoms with Gasteiger partial charge in [0, 0.05) is 7.11 Å². The number of tetrazole rings is 1. The maximum atomic E-state index is 13.1. The molecule has 0 atom stereocenters. The van der Waals surface area contributed by atoms with E-state index in [1.165, 1.54) is 17.9 Å². The van der Waals surface area contributed by atoms with Gasteiger partial charge in [-0.1, -0.05) is 23.9 Å². The molecule has 1 heterocycles. The number of alkyl halides is 3. The maximum absolute atomic E-state index is 13.1. The Balaban J connectivity index is 1.74. The molecule has 0 spiro atoms. The number of hydrogen-bond acceptors (Lipinski definition) is 7. The lowest BCUT2D eigenvalue weighted by molar-refractivity contribution is -0.137. The Morgan fingerprint density at radius 1 is 1.18 bits per heavy atom. The number of amides is 1. The van der Waals surface area contributed by atoms with Crippen LogP contribution in [0.5, 0.6) is 5.75 Å². The van der Waals surface area contributed by atoms with E-state index in [9.17, 15) is 18.0 Å². The van der Waals surface area contributed by atoms with Crippen molar-refractivity contribution in [3.05, 3.63) is 53.1 Å². The maximum Gasteiger partial charge on any atom is 0.416 e. The minimum absolute atomic E-state index is 0.0827. The molecule has 0 radical (unpaired) electrons. The van der Waals surface area contributed by atoms with Crippen LogP contribution in [0.4, 0.5) is 18.9 Å². The molecule has 1 N–H and O–H groups in total. The van der Waals surface area contributed by atoms with Crippen molar-refractivity contribution in [1.82, 2.24) is 20.2 Å². The topological polar surface area (TPSA) is 91.2 Å². The summed E-state index contributed by atoms with van der Waals surface area (Å²) < 4.78 is 51.3. The van der Waals surface area contributed by atoms with Crippen molar-refractivity contribution in [1.29, 1.82) is 0 Å². The molecule has 0 fully saturated rings. The molecular formula is C21H22F3N5O3S. The first-order valence-electron chi connectivity index (χ1n) is 9.81. The lowest BCUT2D eigenvalue weighted by Gasteiger charge is -2.15. The number of carbonyl (C=O) groups excluding carboxylic acids is 1. The van der Waals surface area contributed by atoms with Gasteiger partial charge >= 0.3 is 6.18 Å². The molecule has 176 valence electrons. The van der Waals surface area contributed by atoms with Crippen molar-refractivity contribution in [2.24, 2.45) is 0 Å². The van der Waals surface area contributed by atoms with E-state index >= 15 is 0 Å². The Morgan fingerprint density at radius 2 is 1.97 bits per heavy atom. The number of benzene rings is 2. The molecule has 0 aliphatic carbocycles. The number of methoxy groups -OCH3 is 1. The summed E-state index contributed by atoms with van der Waals surface area (Å²) in [6.45, 7) is 4.26. The van der Waals surface area contributed by atoms with E-state index in [4.69, 9.17) is 9.47 Å². The van der Waals surface area contributed by atoms with Crippen LogP contribution in [0, 0.1) is 13.8 Å². The first-order chi connectivity index (χ1) is 15.7. The molecule has 1 aromatic heterocycles. The number of halogens is 3. The number of ether oxygens (including phenoxy) is 2. The number of nitrogens with one attached hydrogen (secondary N) is 1. The molecule has 1 amide bonds. The van der Waals surface area contributed by atoms with Gasteiger partial charge in [-0.3, -0.25) is 4.79 Å². The summed E-state index contributed by atoms with van der Waals surface area (Å²) in [7, 11) is 1.47. The summed E-state index contributed by atoms with van der Waals surface area (Å²) >= 11 is 1.06. The van der Waals surface area contributed by atoms with E-state index in [2.05, 4.69) is 20.8 Å². The molecule has 33 heavy (non-hydrogen) atoms. The van der Waals surface area contributed by atoms with Crippen molar-refractivity contribution in [2.75, 3.05) is 31.4 Å². The van der Waals surface area contributed by atoms with Crippen molar-refractivity contribution in [2.45, 2.75) is 25.2 Å². The Kier molecular flexibility index (Phi) is 7.92. The Labute approximate surface area is 192 Å². The van der Waals surface area contributed by atoms with Crippen LogP contribution in [0.15, 0.2) is 41.6 Å².